The van der Waals surface area contributed by atoms with Crippen molar-refractivity contribution < 1.29 is 14.1 Å². The van der Waals surface area contributed by atoms with Crippen LogP contribution in [0.5, 0.6) is 0 Å². The molecule has 1 aromatic carbocycles. The maximum Gasteiger partial charge on any atom is 0.259 e. The number of fused-ring (bicyclic) bond motifs is 1. The van der Waals surface area contributed by atoms with E-state index in [-0.39, 0.29) is 18.9 Å². The summed E-state index contributed by atoms with van der Waals surface area (Å²) in [5, 5.41) is 4.61. The van der Waals surface area contributed by atoms with Gasteiger partial charge >= 0.3 is 0 Å². The molecule has 0 bridgehead atoms. The number of pyridine rings is 1. The topological polar surface area (TPSA) is 102 Å². The molecule has 0 radical (unpaired) electrons. The highest BCUT2D eigenvalue weighted by Crippen LogP contribution is 2.34. The number of nitrogens with two attached hydrogens (primary N) is 1. The van der Waals surface area contributed by atoms with Crippen molar-refractivity contribution >= 4 is 39.9 Å². The van der Waals surface area contributed by atoms with Crippen LogP contribution in [-0.4, -0.2) is 28.5 Å². The third-order valence-electron chi connectivity index (χ3n) is 5.30. The van der Waals surface area contributed by atoms with Gasteiger partial charge in [-0.1, -0.05) is 17.3 Å². The number of hydrogen-bond acceptors (Lipinski definition) is 6. The number of primary amides is 1. The number of carbonyl (C=O) groups is 2. The fraction of sp³-hybridized carbons (Fsp3) is 0.250. The van der Waals surface area contributed by atoms with Gasteiger partial charge in [-0.2, -0.15) is 0 Å². The summed E-state index contributed by atoms with van der Waals surface area (Å²) in [5.41, 5.74) is 10.0. The van der Waals surface area contributed by atoms with Crippen molar-refractivity contribution in [3.05, 3.63) is 63.0 Å². The lowest BCUT2D eigenvalue weighted by Crippen LogP contribution is -2.34. The van der Waals surface area contributed by atoms with E-state index in [1.807, 2.05) is 45.0 Å². The molecule has 0 unspecified atom stereocenters. The van der Waals surface area contributed by atoms with Gasteiger partial charge in [-0.15, -0.1) is 11.3 Å². The highest BCUT2D eigenvalue weighted by Gasteiger charge is 2.25. The molecule has 0 saturated carbocycles. The summed E-state index contributed by atoms with van der Waals surface area (Å²) in [4.78, 5) is 33.9. The fourth-order valence-corrected chi connectivity index (χ4v) is 4.73. The molecular formula is C24H24N4O3S. The number of aromatic nitrogens is 2. The lowest BCUT2D eigenvalue weighted by atomic mass is 10.0. The second-order valence-corrected chi connectivity index (χ2v) is 9.30. The van der Waals surface area contributed by atoms with Crippen LogP contribution < -0.4 is 10.6 Å². The predicted octanol–water partition coefficient (Wildman–Crippen LogP) is 4.71. The Morgan fingerprint density at radius 3 is 2.56 bits per heavy atom. The first-order valence-electron chi connectivity index (χ1n) is 10.3. The Hall–Kier alpha value is -3.52. The predicted molar refractivity (Wildman–Crippen MR) is 126 cm³/mol. The smallest absolute Gasteiger partial charge is 0.259 e. The van der Waals surface area contributed by atoms with Gasteiger partial charge in [0.05, 0.1) is 22.3 Å². The number of nitrogens with zero attached hydrogens (tertiary/aromatic N) is 3. The molecule has 2 amide bonds. The SMILES string of the molecule is Cc1cccc(N(CCC(N)=O)C(=O)c2cc(-c3cc(C)sc3C)nc3onc(C)c23)c1. The highest BCUT2D eigenvalue weighted by atomic mass is 32.1. The molecule has 32 heavy (non-hydrogen) atoms. The molecule has 164 valence electrons. The standard InChI is InChI=1S/C24H24N4O3S/c1-13-6-5-7-17(10-13)28(9-8-21(25)29)24(30)19-12-20(18-11-14(2)32-16(18)4)26-23-22(19)15(3)27-31-23/h5-7,10-12H,8-9H2,1-4H3,(H2,25,29). The number of carbonyl (C=O) groups excluding carboxylic acids is 2. The Morgan fingerprint density at radius 1 is 1.12 bits per heavy atom. The fourth-order valence-electron chi connectivity index (χ4n) is 3.80. The minimum atomic E-state index is -0.471. The van der Waals surface area contributed by atoms with Gasteiger partial charge in [-0.3, -0.25) is 9.59 Å². The first-order chi connectivity index (χ1) is 15.2. The number of anilines is 1. The first-order valence-corrected chi connectivity index (χ1v) is 11.1. The zero-order valence-corrected chi connectivity index (χ0v) is 19.2. The van der Waals surface area contributed by atoms with Crippen LogP contribution >= 0.6 is 11.3 Å². The average molecular weight is 449 g/mol. The Morgan fingerprint density at radius 2 is 1.91 bits per heavy atom. The first kappa shape index (κ1) is 21.7. The van der Waals surface area contributed by atoms with Gasteiger partial charge in [0.15, 0.2) is 0 Å². The minimum Gasteiger partial charge on any atom is -0.370 e. The van der Waals surface area contributed by atoms with E-state index in [0.29, 0.717) is 33.7 Å². The highest BCUT2D eigenvalue weighted by molar-refractivity contribution is 7.12. The number of hydrogen-bond donors (Lipinski definition) is 1. The van der Waals surface area contributed by atoms with E-state index >= 15 is 0 Å². The van der Waals surface area contributed by atoms with Gasteiger partial charge in [-0.05, 0) is 57.5 Å². The van der Waals surface area contributed by atoms with E-state index in [1.54, 1.807) is 29.2 Å². The Kier molecular flexibility index (Phi) is 5.80. The second-order valence-electron chi connectivity index (χ2n) is 7.84. The summed E-state index contributed by atoms with van der Waals surface area (Å²) in [6.07, 6.45) is 0.0478. The quantitative estimate of drug-likeness (QED) is 0.460. The number of rotatable bonds is 6. The number of aryl methyl sites for hydroxylation is 4. The summed E-state index contributed by atoms with van der Waals surface area (Å²) in [5.74, 6) is -0.733. The van der Waals surface area contributed by atoms with Crippen LogP contribution in [0.25, 0.3) is 22.4 Å². The zero-order valence-electron chi connectivity index (χ0n) is 18.4. The van der Waals surface area contributed by atoms with Gasteiger partial charge in [0, 0.05) is 34.0 Å². The Balaban J connectivity index is 1.88. The van der Waals surface area contributed by atoms with E-state index in [1.165, 1.54) is 0 Å². The van der Waals surface area contributed by atoms with Crippen LogP contribution in [0.2, 0.25) is 0 Å². The largest absolute Gasteiger partial charge is 0.370 e. The van der Waals surface area contributed by atoms with E-state index in [0.717, 1.165) is 20.9 Å². The summed E-state index contributed by atoms with van der Waals surface area (Å²) in [6.45, 7) is 7.96. The summed E-state index contributed by atoms with van der Waals surface area (Å²) < 4.78 is 5.45. The maximum absolute atomic E-state index is 13.9. The zero-order chi connectivity index (χ0) is 23.0. The molecule has 4 rings (SSSR count). The molecule has 0 aliphatic heterocycles. The van der Waals surface area contributed by atoms with Crippen molar-refractivity contribution in [3.63, 3.8) is 0 Å². The number of amides is 2. The van der Waals surface area contributed by atoms with Crippen molar-refractivity contribution in [3.8, 4) is 11.3 Å². The van der Waals surface area contributed by atoms with Crippen LogP contribution in [0, 0.1) is 27.7 Å². The molecule has 0 spiro atoms. The molecule has 0 aliphatic carbocycles. The molecular weight excluding hydrogens is 424 g/mol. The average Bonchev–Trinajstić information content (AvgIpc) is 3.28. The molecule has 0 saturated heterocycles. The van der Waals surface area contributed by atoms with Gasteiger partial charge in [0.2, 0.25) is 5.91 Å². The van der Waals surface area contributed by atoms with Crippen molar-refractivity contribution in [2.75, 3.05) is 11.4 Å². The van der Waals surface area contributed by atoms with Crippen LogP contribution in [0.1, 0.15) is 37.8 Å². The molecule has 3 aromatic heterocycles. The minimum absolute atomic E-state index is 0.0478. The molecule has 7 nitrogen and oxygen atoms in total. The van der Waals surface area contributed by atoms with Crippen molar-refractivity contribution in [1.82, 2.24) is 10.1 Å². The van der Waals surface area contributed by atoms with Crippen molar-refractivity contribution in [2.24, 2.45) is 5.73 Å². The molecule has 0 fully saturated rings. The molecule has 2 N–H and O–H groups in total. The van der Waals surface area contributed by atoms with Gasteiger partial charge < -0.3 is 15.2 Å². The van der Waals surface area contributed by atoms with E-state index in [9.17, 15) is 9.59 Å². The third kappa shape index (κ3) is 4.13. The van der Waals surface area contributed by atoms with E-state index < -0.39 is 5.91 Å². The molecule has 0 atom stereocenters. The Labute approximate surface area is 189 Å². The molecule has 3 heterocycles. The number of benzene rings is 1. The van der Waals surface area contributed by atoms with Crippen LogP contribution in [0.15, 0.2) is 40.9 Å². The Bertz CT molecular complexity index is 1340. The molecule has 4 aromatic rings. The monoisotopic (exact) mass is 448 g/mol. The number of thiophene rings is 1. The summed E-state index contributed by atoms with van der Waals surface area (Å²) in [6, 6.07) is 11.4. The van der Waals surface area contributed by atoms with Crippen LogP contribution in [0.3, 0.4) is 0 Å². The van der Waals surface area contributed by atoms with Crippen molar-refractivity contribution in [1.29, 1.82) is 0 Å². The maximum atomic E-state index is 13.9. The lowest BCUT2D eigenvalue weighted by Gasteiger charge is -2.23. The van der Waals surface area contributed by atoms with E-state index in [2.05, 4.69) is 16.2 Å². The summed E-state index contributed by atoms with van der Waals surface area (Å²) in [7, 11) is 0. The molecule has 0 aliphatic rings. The second kappa shape index (κ2) is 8.55. The van der Waals surface area contributed by atoms with Gasteiger partial charge in [0.1, 0.15) is 0 Å². The lowest BCUT2D eigenvalue weighted by molar-refractivity contribution is -0.117. The van der Waals surface area contributed by atoms with Crippen molar-refractivity contribution in [2.45, 2.75) is 34.1 Å². The summed E-state index contributed by atoms with van der Waals surface area (Å²) >= 11 is 1.67. The van der Waals surface area contributed by atoms with Crippen LogP contribution in [0.4, 0.5) is 5.69 Å². The van der Waals surface area contributed by atoms with Crippen LogP contribution in [-0.2, 0) is 4.79 Å². The van der Waals surface area contributed by atoms with Gasteiger partial charge in [-0.25, -0.2) is 4.98 Å². The van der Waals surface area contributed by atoms with Gasteiger partial charge in [0.25, 0.3) is 11.6 Å². The normalized spacial score (nSPS) is 11.1. The molecule has 8 heteroatoms. The van der Waals surface area contributed by atoms with E-state index in [4.69, 9.17) is 10.3 Å². The third-order valence-corrected chi connectivity index (χ3v) is 6.27.